The summed E-state index contributed by atoms with van der Waals surface area (Å²) in [5, 5.41) is 11.5. The molecule has 5 nitrogen and oxygen atoms in total. The number of nitrogens with zero attached hydrogens (tertiary/aromatic N) is 1. The van der Waals surface area contributed by atoms with Crippen molar-refractivity contribution >= 4 is 23.4 Å². The zero-order valence-electron chi connectivity index (χ0n) is 13.3. The molecule has 1 N–H and O–H groups in total. The number of likely N-dealkylation sites (tertiary alicyclic amines) is 1. The molecule has 3 rings (SSSR count). The van der Waals surface area contributed by atoms with Gasteiger partial charge < -0.3 is 14.7 Å². The summed E-state index contributed by atoms with van der Waals surface area (Å²) in [6.07, 6.45) is -0.457. The van der Waals surface area contributed by atoms with Gasteiger partial charge in [-0.15, -0.1) is 11.3 Å². The minimum Gasteiger partial charge on any atom is -0.481 e. The minimum absolute atomic E-state index is 0.174. The first-order valence-electron chi connectivity index (χ1n) is 7.78. The van der Waals surface area contributed by atoms with Crippen molar-refractivity contribution in [2.45, 2.75) is 19.4 Å². The van der Waals surface area contributed by atoms with E-state index in [4.69, 9.17) is 4.74 Å². The second-order valence-corrected chi connectivity index (χ2v) is 6.91. The zero-order chi connectivity index (χ0) is 17.1. The molecule has 1 aliphatic rings. The van der Waals surface area contributed by atoms with E-state index in [2.05, 4.69) is 0 Å². The molecule has 0 bridgehead atoms. The second-order valence-electron chi connectivity index (χ2n) is 5.96. The molecule has 0 aliphatic carbocycles. The lowest BCUT2D eigenvalue weighted by molar-refractivity contribution is -0.141. The molecule has 0 saturated carbocycles. The molecule has 1 saturated heterocycles. The van der Waals surface area contributed by atoms with Crippen LogP contribution in [0.15, 0.2) is 41.8 Å². The highest BCUT2D eigenvalue weighted by molar-refractivity contribution is 7.10. The van der Waals surface area contributed by atoms with E-state index in [0.29, 0.717) is 6.54 Å². The molecule has 6 heteroatoms. The molecule has 1 aromatic carbocycles. The second kappa shape index (κ2) is 7.05. The normalized spacial score (nSPS) is 20.1. The third kappa shape index (κ3) is 3.43. The van der Waals surface area contributed by atoms with Gasteiger partial charge in [0.1, 0.15) is 6.61 Å². The van der Waals surface area contributed by atoms with Gasteiger partial charge in [0.25, 0.3) is 0 Å². The first kappa shape index (κ1) is 16.5. The number of aliphatic carboxylic acids is 1. The van der Waals surface area contributed by atoms with Crippen LogP contribution >= 0.6 is 11.3 Å². The highest BCUT2D eigenvalue weighted by Gasteiger charge is 2.42. The van der Waals surface area contributed by atoms with Crippen LogP contribution in [0, 0.1) is 12.8 Å². The highest BCUT2D eigenvalue weighted by atomic mass is 32.1. The monoisotopic (exact) mass is 345 g/mol. The average Bonchev–Trinajstić information content (AvgIpc) is 3.19. The summed E-state index contributed by atoms with van der Waals surface area (Å²) in [6.45, 7) is 2.73. The lowest BCUT2D eigenvalue weighted by Gasteiger charge is -2.16. The molecule has 2 heterocycles. The SMILES string of the molecule is Cc1ccsc1C1CN(C(=O)OCc2ccccc2)CC1C(=O)O. The van der Waals surface area contributed by atoms with Crippen molar-refractivity contribution in [3.05, 3.63) is 57.8 Å². The van der Waals surface area contributed by atoms with Crippen molar-refractivity contribution < 1.29 is 19.4 Å². The van der Waals surface area contributed by atoms with Gasteiger partial charge in [0.15, 0.2) is 0 Å². The standard InChI is InChI=1S/C18H19NO4S/c1-12-7-8-24-16(12)14-9-19(10-15(14)17(20)21)18(22)23-11-13-5-3-2-4-6-13/h2-8,14-15H,9-11H2,1H3,(H,20,21). The van der Waals surface area contributed by atoms with Crippen molar-refractivity contribution in [3.63, 3.8) is 0 Å². The molecule has 1 aliphatic heterocycles. The summed E-state index contributed by atoms with van der Waals surface area (Å²) in [7, 11) is 0. The van der Waals surface area contributed by atoms with E-state index in [1.807, 2.05) is 48.7 Å². The summed E-state index contributed by atoms with van der Waals surface area (Å²) < 4.78 is 5.33. The van der Waals surface area contributed by atoms with Crippen molar-refractivity contribution in [1.82, 2.24) is 4.90 Å². The van der Waals surface area contributed by atoms with E-state index >= 15 is 0 Å². The van der Waals surface area contributed by atoms with E-state index < -0.39 is 18.0 Å². The molecule has 126 valence electrons. The number of carbonyl (C=O) groups is 2. The van der Waals surface area contributed by atoms with E-state index in [9.17, 15) is 14.7 Å². The van der Waals surface area contributed by atoms with Gasteiger partial charge in [-0.05, 0) is 29.5 Å². The van der Waals surface area contributed by atoms with Crippen LogP contribution in [0.5, 0.6) is 0 Å². The Morgan fingerprint density at radius 3 is 2.62 bits per heavy atom. The molecule has 0 radical (unpaired) electrons. The van der Waals surface area contributed by atoms with Crippen molar-refractivity contribution in [2.24, 2.45) is 5.92 Å². The van der Waals surface area contributed by atoms with Gasteiger partial charge >= 0.3 is 12.1 Å². The number of carboxylic acid groups (broad SMARTS) is 1. The molecular weight excluding hydrogens is 326 g/mol. The van der Waals surface area contributed by atoms with Crippen molar-refractivity contribution in [1.29, 1.82) is 0 Å². The Hall–Kier alpha value is -2.34. The number of thiophene rings is 1. The summed E-state index contributed by atoms with van der Waals surface area (Å²) >= 11 is 1.55. The summed E-state index contributed by atoms with van der Waals surface area (Å²) in [6, 6.07) is 11.4. The van der Waals surface area contributed by atoms with Crippen molar-refractivity contribution in [3.8, 4) is 0 Å². The Kier molecular flexibility index (Phi) is 4.85. The average molecular weight is 345 g/mol. The Balaban J connectivity index is 1.67. The van der Waals surface area contributed by atoms with Crippen LogP contribution in [0.1, 0.15) is 21.9 Å². The molecule has 2 unspecified atom stereocenters. The van der Waals surface area contributed by atoms with E-state index in [1.54, 1.807) is 11.3 Å². The molecule has 0 spiro atoms. The number of hydrogen-bond acceptors (Lipinski definition) is 4. The third-order valence-electron chi connectivity index (χ3n) is 4.34. The summed E-state index contributed by atoms with van der Waals surface area (Å²) in [5.74, 6) is -1.63. The largest absolute Gasteiger partial charge is 0.481 e. The minimum atomic E-state index is -0.869. The van der Waals surface area contributed by atoms with Gasteiger partial charge in [-0.2, -0.15) is 0 Å². The number of benzene rings is 1. The highest BCUT2D eigenvalue weighted by Crippen LogP contribution is 2.37. The number of aryl methyl sites for hydroxylation is 1. The fourth-order valence-electron chi connectivity index (χ4n) is 3.04. The van der Waals surface area contributed by atoms with Crippen molar-refractivity contribution in [2.75, 3.05) is 13.1 Å². The zero-order valence-corrected chi connectivity index (χ0v) is 14.2. The number of ether oxygens (including phenoxy) is 1. The number of rotatable bonds is 4. The van der Waals surface area contributed by atoms with Crippen LogP contribution in [0.2, 0.25) is 0 Å². The maximum Gasteiger partial charge on any atom is 0.410 e. The number of carboxylic acids is 1. The third-order valence-corrected chi connectivity index (χ3v) is 5.49. The molecule has 1 aromatic heterocycles. The number of carbonyl (C=O) groups excluding carboxylic acids is 1. The van der Waals surface area contributed by atoms with E-state index in [-0.39, 0.29) is 19.1 Å². The first-order chi connectivity index (χ1) is 11.6. The number of amides is 1. The van der Waals surface area contributed by atoms with Crippen LogP contribution in [0.25, 0.3) is 0 Å². The predicted molar refractivity (Wildman–Crippen MR) is 91.1 cm³/mol. The molecular formula is C18H19NO4S. The maximum absolute atomic E-state index is 12.3. The van der Waals surface area contributed by atoms with Gasteiger partial charge in [-0.25, -0.2) is 4.79 Å². The lowest BCUT2D eigenvalue weighted by atomic mass is 9.93. The predicted octanol–water partition coefficient (Wildman–Crippen LogP) is 3.49. The molecule has 1 fully saturated rings. The van der Waals surface area contributed by atoms with Gasteiger partial charge in [-0.1, -0.05) is 30.3 Å². The van der Waals surface area contributed by atoms with E-state index in [0.717, 1.165) is 16.0 Å². The van der Waals surface area contributed by atoms with Crippen LogP contribution in [0.4, 0.5) is 4.79 Å². The Labute approximate surface area is 144 Å². The lowest BCUT2D eigenvalue weighted by Crippen LogP contribution is -2.30. The molecule has 24 heavy (non-hydrogen) atoms. The van der Waals surface area contributed by atoms with Gasteiger partial charge in [0.2, 0.25) is 0 Å². The Morgan fingerprint density at radius 1 is 1.25 bits per heavy atom. The van der Waals surface area contributed by atoms with Crippen LogP contribution in [0.3, 0.4) is 0 Å². The smallest absolute Gasteiger partial charge is 0.410 e. The Bertz CT molecular complexity index is 728. The Morgan fingerprint density at radius 2 is 2.00 bits per heavy atom. The van der Waals surface area contributed by atoms with Crippen LogP contribution < -0.4 is 0 Å². The first-order valence-corrected chi connectivity index (χ1v) is 8.66. The van der Waals surface area contributed by atoms with Gasteiger partial charge in [0, 0.05) is 23.9 Å². The van der Waals surface area contributed by atoms with E-state index in [1.165, 1.54) is 4.90 Å². The fraction of sp³-hybridized carbons (Fsp3) is 0.333. The quantitative estimate of drug-likeness (QED) is 0.921. The van der Waals surface area contributed by atoms with Crippen LogP contribution in [-0.2, 0) is 16.1 Å². The van der Waals surface area contributed by atoms with Crippen LogP contribution in [-0.4, -0.2) is 35.2 Å². The van der Waals surface area contributed by atoms with Gasteiger partial charge in [-0.3, -0.25) is 4.79 Å². The maximum atomic E-state index is 12.3. The summed E-state index contributed by atoms with van der Waals surface area (Å²) in [4.78, 5) is 26.4. The fourth-order valence-corrected chi connectivity index (χ4v) is 4.13. The topological polar surface area (TPSA) is 66.8 Å². The van der Waals surface area contributed by atoms with Gasteiger partial charge in [0.05, 0.1) is 5.92 Å². The molecule has 2 atom stereocenters. The molecule has 2 aromatic rings. The summed E-state index contributed by atoms with van der Waals surface area (Å²) in [5.41, 5.74) is 1.99. The number of hydrogen-bond donors (Lipinski definition) is 1. The molecule has 1 amide bonds.